The normalized spacial score (nSPS) is 11.6. The van der Waals surface area contributed by atoms with Crippen molar-refractivity contribution in [3.63, 3.8) is 0 Å². The monoisotopic (exact) mass is 624 g/mol. The number of fused-ring (bicyclic) bond motifs is 10. The zero-order valence-corrected chi connectivity index (χ0v) is 26.1. The molecule has 0 N–H and O–H groups in total. The molecule has 226 valence electrons. The molecule has 10 rings (SSSR count). The first-order valence-electron chi connectivity index (χ1n) is 16.1. The highest BCUT2D eigenvalue weighted by Gasteiger charge is 2.23. The number of aromatic nitrogens is 2. The van der Waals surface area contributed by atoms with Crippen LogP contribution in [-0.4, -0.2) is 9.13 Å². The lowest BCUT2D eigenvalue weighted by atomic mass is 10.0. The van der Waals surface area contributed by atoms with Gasteiger partial charge < -0.3 is 13.6 Å². The molecule has 0 aliphatic rings. The van der Waals surface area contributed by atoms with Gasteiger partial charge >= 0.3 is 0 Å². The maximum atomic E-state index is 10.7. The van der Waals surface area contributed by atoms with E-state index in [0.29, 0.717) is 16.9 Å². The number of furan rings is 1. The van der Waals surface area contributed by atoms with Gasteiger partial charge in [-0.15, -0.1) is 0 Å². The van der Waals surface area contributed by atoms with Crippen LogP contribution in [0.15, 0.2) is 150 Å². The summed E-state index contributed by atoms with van der Waals surface area (Å²) >= 11 is 0. The third kappa shape index (κ3) is 3.79. The molecule has 49 heavy (non-hydrogen) atoms. The van der Waals surface area contributed by atoms with Gasteiger partial charge in [0.1, 0.15) is 17.2 Å². The molecule has 0 aliphatic carbocycles. The van der Waals surface area contributed by atoms with Gasteiger partial charge in [0.15, 0.2) is 0 Å². The minimum Gasteiger partial charge on any atom is -0.455 e. The maximum Gasteiger partial charge on any atom is 0.214 e. The maximum absolute atomic E-state index is 10.7. The first-order valence-corrected chi connectivity index (χ1v) is 16.1. The van der Waals surface area contributed by atoms with Crippen LogP contribution in [0.1, 0.15) is 5.56 Å². The lowest BCUT2D eigenvalue weighted by molar-refractivity contribution is 0.673. The van der Waals surface area contributed by atoms with Gasteiger partial charge in [0.25, 0.3) is 0 Å². The molecule has 0 aliphatic heterocycles. The van der Waals surface area contributed by atoms with Gasteiger partial charge in [-0.1, -0.05) is 91.0 Å². The predicted octanol–water partition coefficient (Wildman–Crippen LogP) is 11.9. The lowest BCUT2D eigenvalue weighted by Crippen LogP contribution is -2.01. The Bertz CT molecular complexity index is 2980. The highest BCUT2D eigenvalue weighted by molar-refractivity contribution is 6.24. The van der Waals surface area contributed by atoms with E-state index in [1.165, 1.54) is 0 Å². The van der Waals surface area contributed by atoms with E-state index in [2.05, 4.69) is 80.7 Å². The Labute approximate surface area is 280 Å². The summed E-state index contributed by atoms with van der Waals surface area (Å²) in [6, 6.07) is 51.8. The van der Waals surface area contributed by atoms with E-state index in [4.69, 9.17) is 11.0 Å². The van der Waals surface area contributed by atoms with E-state index in [1.807, 2.05) is 84.9 Å². The summed E-state index contributed by atoms with van der Waals surface area (Å²) in [4.78, 5) is 4.06. The molecule has 5 heteroatoms. The number of benzene rings is 7. The van der Waals surface area contributed by atoms with Crippen molar-refractivity contribution in [3.8, 4) is 28.6 Å². The van der Waals surface area contributed by atoms with Crippen molar-refractivity contribution in [1.82, 2.24) is 9.13 Å². The van der Waals surface area contributed by atoms with Crippen LogP contribution in [0.2, 0.25) is 0 Å². The van der Waals surface area contributed by atoms with Crippen molar-refractivity contribution in [2.24, 2.45) is 0 Å². The van der Waals surface area contributed by atoms with Crippen LogP contribution in [0.4, 0.5) is 5.69 Å². The topological polar surface area (TPSA) is 51.1 Å². The van der Waals surface area contributed by atoms with E-state index in [1.54, 1.807) is 0 Å². The standard InChI is InChI=1S/C44H24N4O/c1-46-36-25-30(23-29(26-45)43(36)48-37-16-8-5-13-31(37)32-14-6-9-17-38(32)48)47-39-21-19-28(27-11-3-2-4-12-27)24-35(39)42-40(47)22-20-34-33-15-7-10-18-41(33)49-44(34)42/h2-25H. The SMILES string of the molecule is [C-]#[N+]c1cc(-n2c3ccc(-c4ccccc4)cc3c3c4oc5ccccc5c4ccc32)cc(C#N)c1-n1c2ccccc2c2ccccc21. The Balaban J connectivity index is 1.31. The second-order valence-electron chi connectivity index (χ2n) is 12.3. The summed E-state index contributed by atoms with van der Waals surface area (Å²) in [5.74, 6) is 0. The third-order valence-corrected chi connectivity index (χ3v) is 9.76. The summed E-state index contributed by atoms with van der Waals surface area (Å²) in [6.45, 7) is 8.39. The Hall–Kier alpha value is -7.08. The zero-order valence-electron chi connectivity index (χ0n) is 26.1. The quantitative estimate of drug-likeness (QED) is 0.184. The van der Waals surface area contributed by atoms with Gasteiger partial charge in [0, 0.05) is 32.6 Å². The second-order valence-corrected chi connectivity index (χ2v) is 12.3. The lowest BCUT2D eigenvalue weighted by Gasteiger charge is -2.16. The molecule has 7 aromatic carbocycles. The summed E-state index contributed by atoms with van der Waals surface area (Å²) in [5, 5.41) is 17.0. The van der Waals surface area contributed by atoms with Crippen LogP contribution in [-0.2, 0) is 0 Å². The van der Waals surface area contributed by atoms with Gasteiger partial charge in [-0.05, 0) is 65.7 Å². The van der Waals surface area contributed by atoms with E-state index in [-0.39, 0.29) is 0 Å². The fourth-order valence-electron chi connectivity index (χ4n) is 7.68. The highest BCUT2D eigenvalue weighted by Crippen LogP contribution is 2.44. The van der Waals surface area contributed by atoms with E-state index >= 15 is 0 Å². The van der Waals surface area contributed by atoms with E-state index < -0.39 is 0 Å². The molecule has 0 radical (unpaired) electrons. The smallest absolute Gasteiger partial charge is 0.214 e. The second kappa shape index (κ2) is 10.2. The fraction of sp³-hybridized carbons (Fsp3) is 0. The Morgan fingerprint density at radius 1 is 0.551 bits per heavy atom. The molecule has 0 spiro atoms. The van der Waals surface area contributed by atoms with Gasteiger partial charge in [-0.25, -0.2) is 4.85 Å². The molecule has 5 nitrogen and oxygen atoms in total. The Kier molecular flexibility index (Phi) is 5.64. The van der Waals surface area contributed by atoms with Crippen molar-refractivity contribution >= 4 is 71.2 Å². The van der Waals surface area contributed by atoms with E-state index in [9.17, 15) is 5.26 Å². The first-order chi connectivity index (χ1) is 24.2. The number of hydrogen-bond acceptors (Lipinski definition) is 2. The van der Waals surface area contributed by atoms with Crippen LogP contribution in [0, 0.1) is 17.9 Å². The molecule has 0 fully saturated rings. The first kappa shape index (κ1) is 27.1. The molecular formula is C44H24N4O. The van der Waals surface area contributed by atoms with Crippen molar-refractivity contribution in [2.45, 2.75) is 0 Å². The molecule has 0 saturated carbocycles. The summed E-state index contributed by atoms with van der Waals surface area (Å²) < 4.78 is 10.8. The van der Waals surface area contributed by atoms with Crippen LogP contribution >= 0.6 is 0 Å². The molecule has 0 amide bonds. The highest BCUT2D eigenvalue weighted by atomic mass is 16.3. The van der Waals surface area contributed by atoms with Crippen molar-refractivity contribution in [3.05, 3.63) is 163 Å². The average Bonchev–Trinajstić information content (AvgIpc) is 3.82. The van der Waals surface area contributed by atoms with Crippen LogP contribution in [0.3, 0.4) is 0 Å². The average molecular weight is 625 g/mol. The van der Waals surface area contributed by atoms with Gasteiger partial charge in [-0.3, -0.25) is 0 Å². The molecule has 10 aromatic rings. The predicted molar refractivity (Wildman–Crippen MR) is 199 cm³/mol. The fourth-order valence-corrected chi connectivity index (χ4v) is 7.68. The molecule has 3 aromatic heterocycles. The van der Waals surface area contributed by atoms with Gasteiger partial charge in [0.2, 0.25) is 5.69 Å². The van der Waals surface area contributed by atoms with Gasteiger partial charge in [0.05, 0.1) is 45.3 Å². The number of nitriles is 1. The van der Waals surface area contributed by atoms with E-state index in [0.717, 1.165) is 82.4 Å². The number of nitrogens with zero attached hydrogens (tertiary/aromatic N) is 4. The van der Waals surface area contributed by atoms with Crippen molar-refractivity contribution in [2.75, 3.05) is 0 Å². The molecule has 0 atom stereocenters. The summed E-state index contributed by atoms with van der Waals surface area (Å²) in [7, 11) is 0. The number of rotatable bonds is 3. The molecule has 0 unspecified atom stereocenters. The third-order valence-electron chi connectivity index (χ3n) is 9.76. The molecule has 3 heterocycles. The van der Waals surface area contributed by atoms with Crippen molar-refractivity contribution in [1.29, 1.82) is 5.26 Å². The van der Waals surface area contributed by atoms with Crippen LogP contribution < -0.4 is 0 Å². The van der Waals surface area contributed by atoms with Crippen LogP contribution in [0.5, 0.6) is 0 Å². The summed E-state index contributed by atoms with van der Waals surface area (Å²) in [5.41, 5.74) is 9.86. The Morgan fingerprint density at radius 3 is 1.94 bits per heavy atom. The largest absolute Gasteiger partial charge is 0.455 e. The number of hydrogen-bond donors (Lipinski definition) is 0. The van der Waals surface area contributed by atoms with Crippen LogP contribution in [0.25, 0.3) is 92.9 Å². The minimum absolute atomic E-state index is 0.404. The van der Waals surface area contributed by atoms with Crippen molar-refractivity contribution < 1.29 is 4.42 Å². The van der Waals surface area contributed by atoms with Gasteiger partial charge in [-0.2, -0.15) is 5.26 Å². The number of para-hydroxylation sites is 3. The summed E-state index contributed by atoms with van der Waals surface area (Å²) in [6.07, 6.45) is 0. The zero-order chi connectivity index (χ0) is 32.6. The Morgan fingerprint density at radius 2 is 1.20 bits per heavy atom. The minimum atomic E-state index is 0.404. The molecular weight excluding hydrogens is 601 g/mol. The molecule has 0 saturated heterocycles. The molecule has 0 bridgehead atoms.